The van der Waals surface area contributed by atoms with Crippen molar-refractivity contribution in [2.75, 3.05) is 24.3 Å². The molecule has 0 spiro atoms. The fourth-order valence-corrected chi connectivity index (χ4v) is 4.54. The van der Waals surface area contributed by atoms with Crippen LogP contribution in [-0.2, 0) is 9.59 Å². The molecule has 3 aromatic rings. The molecule has 0 fully saturated rings. The first-order valence-electron chi connectivity index (χ1n) is 11.0. The molecule has 0 aliphatic carbocycles. The van der Waals surface area contributed by atoms with Crippen LogP contribution in [0.3, 0.4) is 0 Å². The highest BCUT2D eigenvalue weighted by atomic mass is 127. The predicted octanol–water partition coefficient (Wildman–Crippen LogP) is 4.36. The van der Waals surface area contributed by atoms with Crippen molar-refractivity contribution in [1.82, 2.24) is 15.4 Å². The van der Waals surface area contributed by atoms with Crippen molar-refractivity contribution in [3.63, 3.8) is 0 Å². The minimum atomic E-state index is -0.281. The quantitative estimate of drug-likeness (QED) is 0.108. The van der Waals surface area contributed by atoms with Gasteiger partial charge >= 0.3 is 0 Å². The lowest BCUT2D eigenvalue weighted by Gasteiger charge is -2.14. The lowest BCUT2D eigenvalue weighted by molar-refractivity contribution is -0.119. The van der Waals surface area contributed by atoms with E-state index < -0.39 is 0 Å². The van der Waals surface area contributed by atoms with Gasteiger partial charge in [0, 0.05) is 17.1 Å². The van der Waals surface area contributed by atoms with Gasteiger partial charge in [-0.05, 0) is 79.3 Å². The molecule has 1 heterocycles. The van der Waals surface area contributed by atoms with Gasteiger partial charge in [0.25, 0.3) is 11.8 Å². The van der Waals surface area contributed by atoms with Crippen LogP contribution in [0.5, 0.6) is 11.5 Å². The van der Waals surface area contributed by atoms with Crippen molar-refractivity contribution in [3.05, 3.63) is 69.1 Å². The molecule has 1 aromatic heterocycles. The molecule has 2 amide bonds. The molecule has 2 N–H and O–H groups in total. The molecule has 11 heteroatoms. The van der Waals surface area contributed by atoms with E-state index in [1.54, 1.807) is 18.2 Å². The highest BCUT2D eigenvalue weighted by molar-refractivity contribution is 14.1. The summed E-state index contributed by atoms with van der Waals surface area (Å²) in [6.07, 6.45) is 1.52. The Morgan fingerprint density at radius 1 is 1.06 bits per heavy atom. The number of hydrogen-bond donors (Lipinski definition) is 2. The Morgan fingerprint density at radius 3 is 2.47 bits per heavy atom. The van der Waals surface area contributed by atoms with Gasteiger partial charge in [-0.25, -0.2) is 15.4 Å². The molecule has 36 heavy (non-hydrogen) atoms. The molecule has 0 saturated heterocycles. The van der Waals surface area contributed by atoms with Crippen LogP contribution in [0.4, 0.5) is 5.69 Å². The van der Waals surface area contributed by atoms with E-state index >= 15 is 0 Å². The zero-order valence-electron chi connectivity index (χ0n) is 20.1. The van der Waals surface area contributed by atoms with Crippen LogP contribution in [0.2, 0.25) is 0 Å². The van der Waals surface area contributed by atoms with E-state index in [0.29, 0.717) is 34.5 Å². The number of rotatable bonds is 11. The minimum absolute atomic E-state index is 0.139. The predicted molar refractivity (Wildman–Crippen MR) is 149 cm³/mol. The Hall–Kier alpha value is -3.19. The number of benzene rings is 2. The number of aryl methyl sites for hydroxylation is 2. The standard InChI is InChI=1S/C25H26IN5O4S/c1-4-34-21-12-18(13-27-31-23(33)15-36-25-28-16(2)10-17(3)29-25)11-20(26)24(21)35-14-22(32)30-19-8-6-5-7-9-19/h5-13H,4,14-15H2,1-3H3,(H,30,32)(H,31,33)/b27-13-. The first-order valence-corrected chi connectivity index (χ1v) is 13.1. The van der Waals surface area contributed by atoms with Gasteiger partial charge in [0.1, 0.15) is 0 Å². The monoisotopic (exact) mass is 619 g/mol. The molecule has 3 rings (SSSR count). The summed E-state index contributed by atoms with van der Waals surface area (Å²) in [7, 11) is 0. The second-order valence-corrected chi connectivity index (χ2v) is 9.59. The van der Waals surface area contributed by atoms with E-state index in [-0.39, 0.29) is 24.2 Å². The summed E-state index contributed by atoms with van der Waals surface area (Å²) in [5.41, 5.74) is 5.61. The van der Waals surface area contributed by atoms with Crippen LogP contribution in [0.1, 0.15) is 23.9 Å². The Morgan fingerprint density at radius 2 is 1.78 bits per heavy atom. The molecule has 0 bridgehead atoms. The largest absolute Gasteiger partial charge is 0.490 e. The summed E-state index contributed by atoms with van der Waals surface area (Å²) in [4.78, 5) is 33.0. The molecule has 0 unspecified atom stereocenters. The van der Waals surface area contributed by atoms with Crippen LogP contribution in [-0.4, -0.2) is 47.0 Å². The van der Waals surface area contributed by atoms with Gasteiger partial charge in [0.15, 0.2) is 23.3 Å². The average Bonchev–Trinajstić information content (AvgIpc) is 2.82. The summed E-state index contributed by atoms with van der Waals surface area (Å²) in [6.45, 7) is 5.87. The van der Waals surface area contributed by atoms with Gasteiger partial charge < -0.3 is 14.8 Å². The third-order valence-corrected chi connectivity index (χ3v) is 6.08. The SMILES string of the molecule is CCOc1cc(/C=N\NC(=O)CSc2nc(C)cc(C)n2)cc(I)c1OCC(=O)Nc1ccccc1. The van der Waals surface area contributed by atoms with Crippen LogP contribution in [0, 0.1) is 17.4 Å². The fourth-order valence-electron chi connectivity index (χ4n) is 3.02. The molecule has 0 aliphatic rings. The minimum Gasteiger partial charge on any atom is -0.490 e. The van der Waals surface area contributed by atoms with Crippen molar-refractivity contribution >= 4 is 58.1 Å². The first-order chi connectivity index (χ1) is 17.3. The Balaban J connectivity index is 1.57. The maximum Gasteiger partial charge on any atom is 0.262 e. The molecule has 0 saturated carbocycles. The number of ether oxygens (including phenoxy) is 2. The van der Waals surface area contributed by atoms with Gasteiger partial charge in [-0.2, -0.15) is 5.10 Å². The van der Waals surface area contributed by atoms with Crippen molar-refractivity contribution < 1.29 is 19.1 Å². The van der Waals surface area contributed by atoms with E-state index in [2.05, 4.69) is 48.4 Å². The number of carbonyl (C=O) groups is 2. The summed E-state index contributed by atoms with van der Waals surface area (Å²) >= 11 is 3.36. The van der Waals surface area contributed by atoms with E-state index in [0.717, 1.165) is 15.0 Å². The molecule has 188 valence electrons. The number of hydrogen-bond acceptors (Lipinski definition) is 8. The third kappa shape index (κ3) is 8.79. The summed E-state index contributed by atoms with van der Waals surface area (Å²) in [5, 5.41) is 7.37. The number of anilines is 1. The zero-order valence-corrected chi connectivity index (χ0v) is 23.1. The van der Waals surface area contributed by atoms with Crippen molar-refractivity contribution in [1.29, 1.82) is 0 Å². The maximum absolute atomic E-state index is 12.3. The Kier molecular flexibility index (Phi) is 10.5. The third-order valence-electron chi connectivity index (χ3n) is 4.43. The molecule has 0 radical (unpaired) electrons. The lowest BCUT2D eigenvalue weighted by Crippen LogP contribution is -2.21. The van der Waals surface area contributed by atoms with Gasteiger partial charge in [0.2, 0.25) is 0 Å². The number of thioether (sulfide) groups is 1. The number of carbonyl (C=O) groups excluding carboxylic acids is 2. The number of para-hydroxylation sites is 1. The second-order valence-electron chi connectivity index (χ2n) is 7.48. The fraction of sp³-hybridized carbons (Fsp3) is 0.240. The maximum atomic E-state index is 12.3. The molecule has 9 nitrogen and oxygen atoms in total. The highest BCUT2D eigenvalue weighted by Crippen LogP contribution is 2.34. The summed E-state index contributed by atoms with van der Waals surface area (Å²) < 4.78 is 12.2. The van der Waals surface area contributed by atoms with E-state index in [4.69, 9.17) is 9.47 Å². The Labute approximate surface area is 227 Å². The molecular weight excluding hydrogens is 593 g/mol. The Bertz CT molecular complexity index is 1220. The number of hydrazone groups is 1. The summed E-state index contributed by atoms with van der Waals surface area (Å²) in [6, 6.07) is 14.6. The molecular formula is C25H26IN5O4S. The van der Waals surface area contributed by atoms with E-state index in [1.807, 2.05) is 51.1 Å². The number of halogens is 1. The number of nitrogens with zero attached hydrogens (tertiary/aromatic N) is 3. The first kappa shape index (κ1) is 27.4. The van der Waals surface area contributed by atoms with E-state index in [9.17, 15) is 9.59 Å². The van der Waals surface area contributed by atoms with Gasteiger partial charge in [-0.3, -0.25) is 9.59 Å². The van der Waals surface area contributed by atoms with Crippen LogP contribution >= 0.6 is 34.4 Å². The molecule has 0 atom stereocenters. The lowest BCUT2D eigenvalue weighted by atomic mass is 10.2. The normalized spacial score (nSPS) is 10.8. The van der Waals surface area contributed by atoms with Gasteiger partial charge in [-0.1, -0.05) is 30.0 Å². The number of amides is 2. The highest BCUT2D eigenvalue weighted by Gasteiger charge is 2.14. The van der Waals surface area contributed by atoms with Crippen LogP contribution in [0.15, 0.2) is 58.8 Å². The van der Waals surface area contributed by atoms with Crippen molar-refractivity contribution in [2.24, 2.45) is 5.10 Å². The van der Waals surface area contributed by atoms with Crippen molar-refractivity contribution in [2.45, 2.75) is 25.9 Å². The summed E-state index contributed by atoms with van der Waals surface area (Å²) in [5.74, 6) is 0.527. The average molecular weight is 619 g/mol. The van der Waals surface area contributed by atoms with Crippen molar-refractivity contribution in [3.8, 4) is 11.5 Å². The van der Waals surface area contributed by atoms with E-state index in [1.165, 1.54) is 18.0 Å². The topological polar surface area (TPSA) is 115 Å². The zero-order chi connectivity index (χ0) is 25.9. The number of aromatic nitrogens is 2. The molecule has 0 aliphatic heterocycles. The molecule has 2 aromatic carbocycles. The van der Waals surface area contributed by atoms with Gasteiger partial charge in [-0.15, -0.1) is 0 Å². The van der Waals surface area contributed by atoms with Crippen LogP contribution < -0.4 is 20.2 Å². The smallest absolute Gasteiger partial charge is 0.262 e. The second kappa shape index (κ2) is 13.8. The van der Waals surface area contributed by atoms with Crippen LogP contribution in [0.25, 0.3) is 0 Å². The number of nitrogens with one attached hydrogen (secondary N) is 2. The van der Waals surface area contributed by atoms with Gasteiger partial charge in [0.05, 0.1) is 22.1 Å².